The number of carbonyl (C=O) groups is 1. The molecule has 0 fully saturated rings. The molecule has 0 amide bonds. The van der Waals surface area contributed by atoms with E-state index < -0.39 is 0 Å². The number of Topliss-reactive ketones (excluding diaryl/α,β-unsaturated/α-hetero) is 1. The Morgan fingerprint density at radius 2 is 1.41 bits per heavy atom. The minimum absolute atomic E-state index is 0.0200. The number of halogens is 2. The smallest absolute Gasteiger partial charge is 0.181 e. The van der Waals surface area contributed by atoms with E-state index in [1.54, 1.807) is 0 Å². The van der Waals surface area contributed by atoms with Crippen LogP contribution in [-0.2, 0) is 4.79 Å². The highest BCUT2D eigenvalue weighted by atomic mass is 79.9. The van der Waals surface area contributed by atoms with Crippen LogP contribution in [0.15, 0.2) is 69.2 Å². The molecule has 1 unspecified atom stereocenters. The van der Waals surface area contributed by atoms with Crippen molar-refractivity contribution < 1.29 is 4.79 Å². The number of allylic oxidation sites excluding steroid dienone is 1. The van der Waals surface area contributed by atoms with Gasteiger partial charge in [0.25, 0.3) is 0 Å². The molecule has 2 N–H and O–H groups in total. The molecule has 0 saturated carbocycles. The molecule has 0 heterocycles. The third-order valence-corrected chi connectivity index (χ3v) is 4.45. The summed E-state index contributed by atoms with van der Waals surface area (Å²) in [7, 11) is 0. The summed E-state index contributed by atoms with van der Waals surface area (Å²) in [5.41, 5.74) is 2.56. The van der Waals surface area contributed by atoms with Crippen LogP contribution in [0.5, 0.6) is 0 Å². The van der Waals surface area contributed by atoms with E-state index in [1.807, 2.05) is 54.6 Å². The third kappa shape index (κ3) is 3.78. The van der Waals surface area contributed by atoms with E-state index in [0.717, 1.165) is 20.3 Å². The Bertz CT molecular complexity index is 708. The summed E-state index contributed by atoms with van der Waals surface area (Å²) >= 11 is 6.81. The van der Waals surface area contributed by atoms with Crippen LogP contribution >= 0.6 is 31.9 Å². The van der Waals surface area contributed by atoms with E-state index in [9.17, 15) is 4.79 Å². The second-order valence-corrected chi connectivity index (χ2v) is 6.93. The second kappa shape index (κ2) is 6.67. The molecule has 0 bridgehead atoms. The zero-order chi connectivity index (χ0) is 15.5. The summed E-state index contributed by atoms with van der Waals surface area (Å²) in [6.45, 7) is 0. The van der Waals surface area contributed by atoms with Gasteiger partial charge in [0.05, 0.1) is 11.7 Å². The van der Waals surface area contributed by atoms with Crippen LogP contribution in [0.3, 0.4) is 0 Å². The van der Waals surface area contributed by atoms with Crippen molar-refractivity contribution in [2.75, 3.05) is 10.6 Å². The van der Waals surface area contributed by atoms with E-state index in [2.05, 4.69) is 42.5 Å². The lowest BCUT2D eigenvalue weighted by Gasteiger charge is -2.10. The van der Waals surface area contributed by atoms with Crippen molar-refractivity contribution in [3.63, 3.8) is 0 Å². The number of hydrogen-bond donors (Lipinski definition) is 2. The summed E-state index contributed by atoms with van der Waals surface area (Å²) in [6, 6.07) is 15.7. The van der Waals surface area contributed by atoms with Gasteiger partial charge in [-0.3, -0.25) is 4.79 Å². The first-order valence-electron chi connectivity index (χ1n) is 6.90. The fourth-order valence-corrected chi connectivity index (χ4v) is 2.84. The second-order valence-electron chi connectivity index (χ2n) is 5.10. The molecule has 0 spiro atoms. The van der Waals surface area contributed by atoms with Gasteiger partial charge in [-0.2, -0.15) is 0 Å². The molecule has 5 heteroatoms. The Kier molecular flexibility index (Phi) is 4.64. The third-order valence-electron chi connectivity index (χ3n) is 3.39. The van der Waals surface area contributed by atoms with Gasteiger partial charge in [-0.15, -0.1) is 0 Å². The standard InChI is InChI=1S/C17H14Br2N2O/c18-11-1-5-13(6-2-11)20-15-9-16(17(22)10-15)21-14-7-3-12(19)4-8-14/h1-9,15,20-21H,10H2. The van der Waals surface area contributed by atoms with Crippen molar-refractivity contribution in [1.82, 2.24) is 0 Å². The van der Waals surface area contributed by atoms with Gasteiger partial charge >= 0.3 is 0 Å². The quantitative estimate of drug-likeness (QED) is 0.732. The minimum Gasteiger partial charge on any atom is -0.378 e. The Morgan fingerprint density at radius 3 is 2.00 bits per heavy atom. The van der Waals surface area contributed by atoms with E-state index in [1.165, 1.54) is 0 Å². The summed E-state index contributed by atoms with van der Waals surface area (Å²) in [5, 5.41) is 6.54. The van der Waals surface area contributed by atoms with Crippen LogP contribution in [0.4, 0.5) is 11.4 Å². The molecule has 2 aromatic rings. The van der Waals surface area contributed by atoms with Gasteiger partial charge in [-0.1, -0.05) is 31.9 Å². The van der Waals surface area contributed by atoms with Crippen molar-refractivity contribution in [1.29, 1.82) is 0 Å². The number of anilines is 2. The summed E-state index contributed by atoms with van der Waals surface area (Å²) in [6.07, 6.45) is 2.42. The molecular formula is C17H14Br2N2O. The van der Waals surface area contributed by atoms with Crippen molar-refractivity contribution in [2.24, 2.45) is 0 Å². The maximum absolute atomic E-state index is 12.1. The molecule has 1 atom stereocenters. The van der Waals surface area contributed by atoms with Gasteiger partial charge in [0.15, 0.2) is 5.78 Å². The highest BCUT2D eigenvalue weighted by Gasteiger charge is 2.24. The maximum atomic E-state index is 12.1. The van der Waals surface area contributed by atoms with Crippen molar-refractivity contribution in [3.05, 3.63) is 69.2 Å². The zero-order valence-electron chi connectivity index (χ0n) is 11.6. The molecule has 3 nitrogen and oxygen atoms in total. The molecule has 3 rings (SSSR count). The lowest BCUT2D eigenvalue weighted by Crippen LogP contribution is -2.15. The van der Waals surface area contributed by atoms with Gasteiger partial charge in [0.1, 0.15) is 0 Å². The Labute approximate surface area is 146 Å². The SMILES string of the molecule is O=C1CC(Nc2ccc(Br)cc2)C=C1Nc1ccc(Br)cc1. The van der Waals surface area contributed by atoms with Gasteiger partial charge in [-0.05, 0) is 54.6 Å². The fraction of sp³-hybridized carbons (Fsp3) is 0.118. The predicted molar refractivity (Wildman–Crippen MR) is 97.0 cm³/mol. The van der Waals surface area contributed by atoms with Gasteiger partial charge < -0.3 is 10.6 Å². The molecule has 1 aliphatic rings. The van der Waals surface area contributed by atoms with Crippen molar-refractivity contribution in [2.45, 2.75) is 12.5 Å². The highest BCUT2D eigenvalue weighted by Crippen LogP contribution is 2.23. The van der Waals surface area contributed by atoms with E-state index >= 15 is 0 Å². The van der Waals surface area contributed by atoms with Crippen LogP contribution in [0.2, 0.25) is 0 Å². The number of ketones is 1. The van der Waals surface area contributed by atoms with Crippen molar-refractivity contribution >= 4 is 49.0 Å². The first-order chi connectivity index (χ1) is 10.6. The highest BCUT2D eigenvalue weighted by molar-refractivity contribution is 9.10. The predicted octanol–water partition coefficient (Wildman–Crippen LogP) is 4.96. The Morgan fingerprint density at radius 1 is 0.864 bits per heavy atom. The summed E-state index contributed by atoms with van der Waals surface area (Å²) in [5.74, 6) is 0.123. The van der Waals surface area contributed by atoms with Crippen LogP contribution in [0, 0.1) is 0 Å². The number of nitrogens with one attached hydrogen (secondary N) is 2. The lowest BCUT2D eigenvalue weighted by molar-refractivity contribution is -0.114. The monoisotopic (exact) mass is 420 g/mol. The normalized spacial score (nSPS) is 17.3. The number of carbonyl (C=O) groups excluding carboxylic acids is 1. The maximum Gasteiger partial charge on any atom is 0.181 e. The molecule has 112 valence electrons. The van der Waals surface area contributed by atoms with Crippen LogP contribution in [0.1, 0.15) is 6.42 Å². The zero-order valence-corrected chi connectivity index (χ0v) is 14.8. The van der Waals surface area contributed by atoms with Gasteiger partial charge in [0.2, 0.25) is 0 Å². The molecule has 0 radical (unpaired) electrons. The van der Waals surface area contributed by atoms with E-state index in [0.29, 0.717) is 12.1 Å². The lowest BCUT2D eigenvalue weighted by atomic mass is 10.2. The Balaban J connectivity index is 1.68. The Hall–Kier alpha value is -1.59. The average molecular weight is 422 g/mol. The summed E-state index contributed by atoms with van der Waals surface area (Å²) < 4.78 is 2.05. The van der Waals surface area contributed by atoms with E-state index in [4.69, 9.17) is 0 Å². The number of rotatable bonds is 4. The molecule has 0 aromatic heterocycles. The average Bonchev–Trinajstić information content (AvgIpc) is 2.84. The first-order valence-corrected chi connectivity index (χ1v) is 8.48. The molecule has 1 aliphatic carbocycles. The molecule has 22 heavy (non-hydrogen) atoms. The molecule has 0 saturated heterocycles. The molecular weight excluding hydrogens is 408 g/mol. The minimum atomic E-state index is 0.0200. The number of benzene rings is 2. The first kappa shape index (κ1) is 15.3. The molecule has 2 aromatic carbocycles. The van der Waals surface area contributed by atoms with E-state index in [-0.39, 0.29) is 11.8 Å². The van der Waals surface area contributed by atoms with Gasteiger partial charge in [-0.25, -0.2) is 0 Å². The largest absolute Gasteiger partial charge is 0.378 e. The fourth-order valence-electron chi connectivity index (χ4n) is 2.32. The molecule has 0 aliphatic heterocycles. The van der Waals surface area contributed by atoms with Crippen LogP contribution in [0.25, 0.3) is 0 Å². The topological polar surface area (TPSA) is 41.1 Å². The van der Waals surface area contributed by atoms with Gasteiger partial charge in [0, 0.05) is 26.7 Å². The van der Waals surface area contributed by atoms with Crippen LogP contribution < -0.4 is 10.6 Å². The van der Waals surface area contributed by atoms with Crippen molar-refractivity contribution in [3.8, 4) is 0 Å². The number of hydrogen-bond acceptors (Lipinski definition) is 3. The van der Waals surface area contributed by atoms with Crippen LogP contribution in [-0.4, -0.2) is 11.8 Å². The summed E-state index contributed by atoms with van der Waals surface area (Å²) in [4.78, 5) is 12.1.